The van der Waals surface area contributed by atoms with Crippen molar-refractivity contribution in [1.82, 2.24) is 9.80 Å². The first-order chi connectivity index (χ1) is 6.05. The van der Waals surface area contributed by atoms with Gasteiger partial charge in [-0.1, -0.05) is 0 Å². The van der Waals surface area contributed by atoms with E-state index in [0.29, 0.717) is 18.1 Å². The van der Waals surface area contributed by atoms with Gasteiger partial charge in [0.25, 0.3) is 0 Å². The molecule has 13 heavy (non-hydrogen) atoms. The van der Waals surface area contributed by atoms with E-state index in [1.807, 2.05) is 4.90 Å². The average Bonchev–Trinajstić information content (AvgIpc) is 2.78. The largest absolute Gasteiger partial charge is 0.337 e. The molecule has 2 aliphatic rings. The van der Waals surface area contributed by atoms with Crippen molar-refractivity contribution in [3.8, 4) is 0 Å². The highest BCUT2D eigenvalue weighted by Crippen LogP contribution is 2.43. The van der Waals surface area contributed by atoms with Gasteiger partial charge in [0.15, 0.2) is 0 Å². The van der Waals surface area contributed by atoms with E-state index in [2.05, 4.69) is 25.8 Å². The van der Waals surface area contributed by atoms with E-state index >= 15 is 0 Å². The highest BCUT2D eigenvalue weighted by molar-refractivity contribution is 5.80. The van der Waals surface area contributed by atoms with Gasteiger partial charge < -0.3 is 4.90 Å². The Labute approximate surface area is 79.7 Å². The van der Waals surface area contributed by atoms with Gasteiger partial charge in [-0.25, -0.2) is 0 Å². The first kappa shape index (κ1) is 9.00. The third-order valence-electron chi connectivity index (χ3n) is 3.42. The molecule has 1 aliphatic carbocycles. The second-order valence-corrected chi connectivity index (χ2v) is 4.70. The van der Waals surface area contributed by atoms with Gasteiger partial charge >= 0.3 is 0 Å². The normalized spacial score (nSPS) is 27.4. The Kier molecular flexibility index (Phi) is 1.88. The van der Waals surface area contributed by atoms with Crippen LogP contribution in [0, 0.1) is 0 Å². The Morgan fingerprint density at radius 2 is 2.00 bits per heavy atom. The van der Waals surface area contributed by atoms with Crippen molar-refractivity contribution >= 4 is 5.91 Å². The standard InChI is InChI=1S/C10H18N2O/c1-8(2)12-7-10(4-5-10)11(3)6-9(12)13/h8H,4-7H2,1-3H3. The molecule has 0 unspecified atom stereocenters. The van der Waals surface area contributed by atoms with E-state index in [1.165, 1.54) is 12.8 Å². The molecule has 0 atom stereocenters. The van der Waals surface area contributed by atoms with Gasteiger partial charge in [0, 0.05) is 18.1 Å². The molecule has 1 spiro atoms. The summed E-state index contributed by atoms with van der Waals surface area (Å²) in [6, 6.07) is 0.360. The molecule has 1 saturated carbocycles. The van der Waals surface area contributed by atoms with Gasteiger partial charge in [-0.05, 0) is 33.7 Å². The van der Waals surface area contributed by atoms with Crippen LogP contribution in [0.4, 0.5) is 0 Å². The van der Waals surface area contributed by atoms with E-state index in [4.69, 9.17) is 0 Å². The molecule has 1 saturated heterocycles. The van der Waals surface area contributed by atoms with Gasteiger partial charge in [-0.15, -0.1) is 0 Å². The lowest BCUT2D eigenvalue weighted by atomic mass is 10.1. The van der Waals surface area contributed by atoms with Gasteiger partial charge in [0.1, 0.15) is 0 Å². The van der Waals surface area contributed by atoms with Crippen LogP contribution in [0.15, 0.2) is 0 Å². The summed E-state index contributed by atoms with van der Waals surface area (Å²) in [6.45, 7) is 5.75. The minimum absolute atomic E-state index is 0.287. The lowest BCUT2D eigenvalue weighted by molar-refractivity contribution is -0.140. The van der Waals surface area contributed by atoms with Gasteiger partial charge in [0.2, 0.25) is 5.91 Å². The highest BCUT2D eigenvalue weighted by Gasteiger charge is 2.51. The maximum absolute atomic E-state index is 11.6. The molecule has 2 fully saturated rings. The molecule has 0 aromatic rings. The monoisotopic (exact) mass is 182 g/mol. The highest BCUT2D eigenvalue weighted by atomic mass is 16.2. The molecular weight excluding hydrogens is 164 g/mol. The molecule has 0 N–H and O–H groups in total. The topological polar surface area (TPSA) is 23.6 Å². The Hall–Kier alpha value is -0.570. The first-order valence-electron chi connectivity index (χ1n) is 5.06. The summed E-state index contributed by atoms with van der Waals surface area (Å²) in [6.07, 6.45) is 2.53. The average molecular weight is 182 g/mol. The molecule has 1 amide bonds. The zero-order valence-electron chi connectivity index (χ0n) is 8.71. The summed E-state index contributed by atoms with van der Waals surface area (Å²) in [5.41, 5.74) is 0.359. The predicted octanol–water partition coefficient (Wildman–Crippen LogP) is 0.701. The van der Waals surface area contributed by atoms with Crippen molar-refractivity contribution in [2.24, 2.45) is 0 Å². The molecule has 1 aliphatic heterocycles. The van der Waals surface area contributed by atoms with E-state index in [-0.39, 0.29) is 5.91 Å². The second-order valence-electron chi connectivity index (χ2n) is 4.70. The molecule has 2 rings (SSSR count). The van der Waals surface area contributed by atoms with Crippen LogP contribution in [-0.4, -0.2) is 47.4 Å². The Morgan fingerprint density at radius 1 is 1.38 bits per heavy atom. The SMILES string of the molecule is CC(C)N1CC2(CC2)N(C)CC1=O. The van der Waals surface area contributed by atoms with Crippen LogP contribution in [0.5, 0.6) is 0 Å². The number of rotatable bonds is 1. The quantitative estimate of drug-likeness (QED) is 0.596. The van der Waals surface area contributed by atoms with Crippen LogP contribution in [0.2, 0.25) is 0 Å². The minimum atomic E-state index is 0.287. The maximum atomic E-state index is 11.6. The molecular formula is C10H18N2O. The van der Waals surface area contributed by atoms with Crippen LogP contribution in [-0.2, 0) is 4.79 Å². The third-order valence-corrected chi connectivity index (χ3v) is 3.42. The zero-order chi connectivity index (χ0) is 9.64. The molecule has 0 aromatic carbocycles. The number of amides is 1. The summed E-state index contributed by atoms with van der Waals surface area (Å²) in [5.74, 6) is 0.287. The molecule has 3 nitrogen and oxygen atoms in total. The first-order valence-corrected chi connectivity index (χ1v) is 5.06. The molecule has 3 heteroatoms. The van der Waals surface area contributed by atoms with Crippen molar-refractivity contribution in [2.45, 2.75) is 38.3 Å². The van der Waals surface area contributed by atoms with Crippen LogP contribution < -0.4 is 0 Å². The number of hydrogen-bond acceptors (Lipinski definition) is 2. The fraction of sp³-hybridized carbons (Fsp3) is 0.900. The summed E-state index contributed by atoms with van der Waals surface area (Å²) >= 11 is 0. The van der Waals surface area contributed by atoms with Crippen molar-refractivity contribution in [3.63, 3.8) is 0 Å². The van der Waals surface area contributed by atoms with Crippen LogP contribution in [0.25, 0.3) is 0 Å². The number of carbonyl (C=O) groups excluding carboxylic acids is 1. The second kappa shape index (κ2) is 2.71. The van der Waals surface area contributed by atoms with Crippen molar-refractivity contribution in [1.29, 1.82) is 0 Å². The van der Waals surface area contributed by atoms with Crippen LogP contribution in [0.1, 0.15) is 26.7 Å². The molecule has 0 radical (unpaired) electrons. The van der Waals surface area contributed by atoms with Gasteiger partial charge in [-0.3, -0.25) is 9.69 Å². The van der Waals surface area contributed by atoms with Gasteiger partial charge in [-0.2, -0.15) is 0 Å². The molecule has 74 valence electrons. The fourth-order valence-corrected chi connectivity index (χ4v) is 2.14. The van der Waals surface area contributed by atoms with Crippen molar-refractivity contribution < 1.29 is 4.79 Å². The van der Waals surface area contributed by atoms with E-state index in [9.17, 15) is 4.79 Å². The van der Waals surface area contributed by atoms with Crippen LogP contribution in [0.3, 0.4) is 0 Å². The smallest absolute Gasteiger partial charge is 0.237 e. The van der Waals surface area contributed by atoms with Gasteiger partial charge in [0.05, 0.1) is 6.54 Å². The number of carbonyl (C=O) groups is 1. The summed E-state index contributed by atoms with van der Waals surface area (Å²) in [5, 5.41) is 0. The summed E-state index contributed by atoms with van der Waals surface area (Å²) < 4.78 is 0. The lowest BCUT2D eigenvalue weighted by Crippen LogP contribution is -2.58. The fourth-order valence-electron chi connectivity index (χ4n) is 2.14. The number of piperazine rings is 1. The zero-order valence-corrected chi connectivity index (χ0v) is 8.71. The Morgan fingerprint density at radius 3 is 2.46 bits per heavy atom. The van der Waals surface area contributed by atoms with E-state index in [0.717, 1.165) is 6.54 Å². The lowest BCUT2D eigenvalue weighted by Gasteiger charge is -2.41. The molecule has 0 bridgehead atoms. The number of hydrogen-bond donors (Lipinski definition) is 0. The van der Waals surface area contributed by atoms with Crippen molar-refractivity contribution in [3.05, 3.63) is 0 Å². The Bertz CT molecular complexity index is 233. The summed E-state index contributed by atoms with van der Waals surface area (Å²) in [4.78, 5) is 15.9. The number of nitrogens with zero attached hydrogens (tertiary/aromatic N) is 2. The van der Waals surface area contributed by atoms with E-state index in [1.54, 1.807) is 0 Å². The number of likely N-dealkylation sites (N-methyl/N-ethyl adjacent to an activating group) is 1. The molecule has 1 heterocycles. The minimum Gasteiger partial charge on any atom is -0.337 e. The maximum Gasteiger partial charge on any atom is 0.237 e. The predicted molar refractivity (Wildman–Crippen MR) is 51.4 cm³/mol. The Balaban J connectivity index is 2.11. The third kappa shape index (κ3) is 1.35. The van der Waals surface area contributed by atoms with Crippen molar-refractivity contribution in [2.75, 3.05) is 20.1 Å². The molecule has 0 aromatic heterocycles. The summed E-state index contributed by atoms with van der Waals surface area (Å²) in [7, 11) is 2.07. The van der Waals surface area contributed by atoms with Crippen LogP contribution >= 0.6 is 0 Å². The van der Waals surface area contributed by atoms with E-state index < -0.39 is 0 Å².